The SMILES string of the molecule is CC1CCc2nnc(-c3cccc(NC(=O)c4cc5c(cn4)CCN(C(=O)C4CCOC4)C5)n3)n21. The molecule has 6 rings (SSSR count). The minimum Gasteiger partial charge on any atom is -0.381 e. The van der Waals surface area contributed by atoms with Crippen molar-refractivity contribution < 1.29 is 14.3 Å². The van der Waals surface area contributed by atoms with Gasteiger partial charge in [-0.05, 0) is 55.5 Å². The Bertz CT molecular complexity index is 1300. The molecule has 3 aromatic heterocycles. The molecule has 0 radical (unpaired) electrons. The van der Waals surface area contributed by atoms with E-state index in [1.165, 1.54) is 0 Å². The molecule has 3 aliphatic heterocycles. The fourth-order valence-corrected chi connectivity index (χ4v) is 5.15. The van der Waals surface area contributed by atoms with Crippen molar-refractivity contribution in [2.24, 2.45) is 5.92 Å². The largest absolute Gasteiger partial charge is 0.381 e. The third kappa shape index (κ3) is 4.07. The van der Waals surface area contributed by atoms with Gasteiger partial charge in [-0.3, -0.25) is 14.6 Å². The van der Waals surface area contributed by atoms with Gasteiger partial charge in [-0.2, -0.15) is 0 Å². The molecule has 0 aromatic carbocycles. The van der Waals surface area contributed by atoms with Crippen LogP contribution in [0.2, 0.25) is 0 Å². The Morgan fingerprint density at radius 3 is 2.91 bits per heavy atom. The molecular weight excluding hydrogens is 446 g/mol. The van der Waals surface area contributed by atoms with Crippen molar-refractivity contribution in [1.82, 2.24) is 29.6 Å². The number of nitrogens with one attached hydrogen (secondary N) is 1. The van der Waals surface area contributed by atoms with E-state index >= 15 is 0 Å². The van der Waals surface area contributed by atoms with E-state index in [1.807, 2.05) is 17.0 Å². The quantitative estimate of drug-likeness (QED) is 0.619. The van der Waals surface area contributed by atoms with Crippen LogP contribution in [0.1, 0.15) is 53.2 Å². The van der Waals surface area contributed by atoms with Gasteiger partial charge in [0.15, 0.2) is 5.82 Å². The predicted molar refractivity (Wildman–Crippen MR) is 127 cm³/mol. The van der Waals surface area contributed by atoms with Gasteiger partial charge in [0.1, 0.15) is 23.0 Å². The second-order valence-corrected chi connectivity index (χ2v) is 9.47. The average molecular weight is 474 g/mol. The van der Waals surface area contributed by atoms with E-state index in [0.29, 0.717) is 55.4 Å². The first kappa shape index (κ1) is 21.8. The molecule has 0 saturated carbocycles. The number of rotatable bonds is 4. The summed E-state index contributed by atoms with van der Waals surface area (Å²) in [5.41, 5.74) is 2.99. The van der Waals surface area contributed by atoms with Crippen LogP contribution in [0.15, 0.2) is 30.5 Å². The smallest absolute Gasteiger partial charge is 0.275 e. The zero-order chi connectivity index (χ0) is 23.9. The third-order valence-corrected chi connectivity index (χ3v) is 7.13. The number of fused-ring (bicyclic) bond motifs is 2. The van der Waals surface area contributed by atoms with E-state index in [1.54, 1.807) is 18.3 Å². The maximum Gasteiger partial charge on any atom is 0.275 e. The Balaban J connectivity index is 1.18. The fourth-order valence-electron chi connectivity index (χ4n) is 5.15. The summed E-state index contributed by atoms with van der Waals surface area (Å²) in [5, 5.41) is 11.5. The Kier molecular flexibility index (Phi) is 5.52. The number of pyridine rings is 2. The van der Waals surface area contributed by atoms with E-state index in [-0.39, 0.29) is 17.7 Å². The molecule has 0 aliphatic carbocycles. The Labute approximate surface area is 202 Å². The minimum absolute atomic E-state index is 0.0611. The van der Waals surface area contributed by atoms with Crippen LogP contribution >= 0.6 is 0 Å². The monoisotopic (exact) mass is 473 g/mol. The van der Waals surface area contributed by atoms with Crippen LogP contribution in [-0.4, -0.2) is 61.2 Å². The molecule has 6 heterocycles. The summed E-state index contributed by atoms with van der Waals surface area (Å²) in [6.45, 7) is 4.43. The van der Waals surface area contributed by atoms with Crippen molar-refractivity contribution >= 4 is 17.6 Å². The van der Waals surface area contributed by atoms with Crippen LogP contribution in [0.4, 0.5) is 5.82 Å². The van der Waals surface area contributed by atoms with E-state index < -0.39 is 0 Å². The molecule has 1 saturated heterocycles. The van der Waals surface area contributed by atoms with Gasteiger partial charge in [0.25, 0.3) is 5.91 Å². The van der Waals surface area contributed by atoms with Gasteiger partial charge in [-0.25, -0.2) is 4.98 Å². The van der Waals surface area contributed by atoms with Gasteiger partial charge in [0.2, 0.25) is 5.91 Å². The second kappa shape index (κ2) is 8.84. The van der Waals surface area contributed by atoms with Gasteiger partial charge in [0, 0.05) is 38.4 Å². The number of hydrogen-bond donors (Lipinski definition) is 1. The van der Waals surface area contributed by atoms with Crippen LogP contribution in [0.5, 0.6) is 0 Å². The number of ether oxygens (including phenoxy) is 1. The maximum atomic E-state index is 13.0. The molecule has 10 nitrogen and oxygen atoms in total. The van der Waals surface area contributed by atoms with E-state index in [4.69, 9.17) is 4.74 Å². The number of nitrogens with zero attached hydrogens (tertiary/aromatic N) is 6. The first-order valence-corrected chi connectivity index (χ1v) is 12.1. The normalized spacial score (nSPS) is 21.0. The number of aromatic nitrogens is 5. The van der Waals surface area contributed by atoms with Gasteiger partial charge >= 0.3 is 0 Å². The molecular formula is C25H27N7O3. The highest BCUT2D eigenvalue weighted by molar-refractivity contribution is 6.02. The van der Waals surface area contributed by atoms with Gasteiger partial charge in [-0.15, -0.1) is 10.2 Å². The molecule has 180 valence electrons. The Morgan fingerprint density at radius 1 is 1.14 bits per heavy atom. The van der Waals surface area contributed by atoms with Gasteiger partial charge < -0.3 is 19.5 Å². The lowest BCUT2D eigenvalue weighted by atomic mass is 9.99. The van der Waals surface area contributed by atoms with Crippen molar-refractivity contribution in [2.45, 2.75) is 45.2 Å². The van der Waals surface area contributed by atoms with Crippen molar-refractivity contribution in [3.8, 4) is 11.5 Å². The first-order valence-electron chi connectivity index (χ1n) is 12.1. The number of amides is 2. The van der Waals surface area contributed by atoms with Crippen LogP contribution < -0.4 is 5.32 Å². The van der Waals surface area contributed by atoms with Gasteiger partial charge in [-0.1, -0.05) is 6.07 Å². The highest BCUT2D eigenvalue weighted by Crippen LogP contribution is 2.30. The lowest BCUT2D eigenvalue weighted by molar-refractivity contribution is -0.136. The molecule has 3 aromatic rings. The number of carbonyl (C=O) groups is 2. The highest BCUT2D eigenvalue weighted by atomic mass is 16.5. The zero-order valence-corrected chi connectivity index (χ0v) is 19.6. The van der Waals surface area contributed by atoms with E-state index in [9.17, 15) is 9.59 Å². The van der Waals surface area contributed by atoms with Crippen molar-refractivity contribution in [2.75, 3.05) is 25.1 Å². The summed E-state index contributed by atoms with van der Waals surface area (Å²) < 4.78 is 7.49. The van der Waals surface area contributed by atoms with Crippen LogP contribution in [0.25, 0.3) is 11.5 Å². The van der Waals surface area contributed by atoms with Crippen LogP contribution in [-0.2, 0) is 28.9 Å². The molecule has 2 amide bonds. The summed E-state index contributed by atoms with van der Waals surface area (Å²) in [7, 11) is 0. The summed E-state index contributed by atoms with van der Waals surface area (Å²) >= 11 is 0. The molecule has 0 bridgehead atoms. The van der Waals surface area contributed by atoms with E-state index in [2.05, 4.69) is 37.0 Å². The number of carbonyl (C=O) groups excluding carboxylic acids is 2. The van der Waals surface area contributed by atoms with Crippen LogP contribution in [0, 0.1) is 5.92 Å². The topological polar surface area (TPSA) is 115 Å². The molecule has 35 heavy (non-hydrogen) atoms. The third-order valence-electron chi connectivity index (χ3n) is 7.13. The summed E-state index contributed by atoms with van der Waals surface area (Å²) in [5.74, 6) is 1.83. The Morgan fingerprint density at radius 2 is 2.06 bits per heavy atom. The molecule has 1 fully saturated rings. The first-order chi connectivity index (χ1) is 17.1. The highest BCUT2D eigenvalue weighted by Gasteiger charge is 2.30. The number of aryl methyl sites for hydroxylation is 1. The Hall–Kier alpha value is -3.66. The molecule has 3 aliphatic rings. The lowest BCUT2D eigenvalue weighted by Gasteiger charge is -2.30. The summed E-state index contributed by atoms with van der Waals surface area (Å²) in [6, 6.07) is 7.56. The second-order valence-electron chi connectivity index (χ2n) is 9.47. The van der Waals surface area contributed by atoms with Crippen molar-refractivity contribution in [1.29, 1.82) is 0 Å². The predicted octanol–water partition coefficient (Wildman–Crippen LogP) is 2.42. The fraction of sp³-hybridized carbons (Fsp3) is 0.440. The molecule has 1 N–H and O–H groups in total. The number of hydrogen-bond acceptors (Lipinski definition) is 7. The molecule has 2 atom stereocenters. The molecule has 0 spiro atoms. The minimum atomic E-state index is -0.343. The van der Waals surface area contributed by atoms with Crippen molar-refractivity contribution in [3.63, 3.8) is 0 Å². The molecule has 10 heteroatoms. The maximum absolute atomic E-state index is 13.0. The lowest BCUT2D eigenvalue weighted by Crippen LogP contribution is -2.40. The average Bonchev–Trinajstić information content (AvgIpc) is 3.63. The van der Waals surface area contributed by atoms with E-state index in [0.717, 1.165) is 42.6 Å². The zero-order valence-electron chi connectivity index (χ0n) is 19.6. The number of anilines is 1. The summed E-state index contributed by atoms with van der Waals surface area (Å²) in [6.07, 6.45) is 5.19. The molecule has 2 unspecified atom stereocenters. The van der Waals surface area contributed by atoms with Crippen molar-refractivity contribution in [3.05, 3.63) is 53.1 Å². The summed E-state index contributed by atoms with van der Waals surface area (Å²) in [4.78, 5) is 36.7. The standard InChI is InChI=1S/C25H27N7O3/c1-15-5-6-22-29-30-23(32(15)22)19-3-2-4-21(27-19)28-24(33)20-11-18-13-31(9-7-16(18)12-26-20)25(34)17-8-10-35-14-17/h2-4,11-12,15,17H,5-10,13-14H2,1H3,(H,27,28,33). The van der Waals surface area contributed by atoms with Crippen LogP contribution in [0.3, 0.4) is 0 Å². The van der Waals surface area contributed by atoms with Gasteiger partial charge in [0.05, 0.1) is 12.5 Å².